The van der Waals surface area contributed by atoms with Gasteiger partial charge in [0, 0.05) is 31.7 Å². The largest absolute Gasteiger partial charge is 0.484 e. The minimum absolute atomic E-state index is 0.0986. The lowest BCUT2D eigenvalue weighted by Gasteiger charge is -2.17. The zero-order valence-corrected chi connectivity index (χ0v) is 13.5. The zero-order valence-electron chi connectivity index (χ0n) is 13.5. The maximum absolute atomic E-state index is 13.1. The van der Waals surface area contributed by atoms with E-state index in [9.17, 15) is 9.18 Å². The molecule has 4 nitrogen and oxygen atoms in total. The molecule has 24 heavy (non-hydrogen) atoms. The fourth-order valence-corrected chi connectivity index (χ4v) is 2.91. The van der Waals surface area contributed by atoms with Crippen molar-refractivity contribution >= 4 is 5.91 Å². The van der Waals surface area contributed by atoms with Crippen LogP contribution in [0, 0.1) is 5.82 Å². The Kier molecular flexibility index (Phi) is 5.43. The average molecular weight is 328 g/mol. The van der Waals surface area contributed by atoms with Crippen LogP contribution in [0.5, 0.6) is 5.75 Å². The lowest BCUT2D eigenvalue weighted by atomic mass is 10.2. The van der Waals surface area contributed by atoms with Gasteiger partial charge in [-0.05, 0) is 24.1 Å². The smallest absolute Gasteiger partial charge is 0.258 e. The lowest BCUT2D eigenvalue weighted by molar-refractivity contribution is -0.123. The number of ether oxygens (including phenoxy) is 1. The number of carbonyl (C=O) groups is 1. The Morgan fingerprint density at radius 1 is 1.21 bits per heavy atom. The van der Waals surface area contributed by atoms with Gasteiger partial charge in [0.05, 0.1) is 0 Å². The summed E-state index contributed by atoms with van der Waals surface area (Å²) < 4.78 is 18.4. The molecular weight excluding hydrogens is 307 g/mol. The van der Waals surface area contributed by atoms with Crippen LogP contribution in [-0.2, 0) is 11.3 Å². The third-order valence-corrected chi connectivity index (χ3v) is 4.05. The Hall–Kier alpha value is -2.40. The summed E-state index contributed by atoms with van der Waals surface area (Å²) >= 11 is 0. The molecule has 1 unspecified atom stereocenters. The number of amides is 1. The van der Waals surface area contributed by atoms with Gasteiger partial charge in [-0.1, -0.05) is 36.4 Å². The minimum Gasteiger partial charge on any atom is -0.484 e. The molecular formula is C19H21FN2O2. The van der Waals surface area contributed by atoms with Crippen molar-refractivity contribution in [2.45, 2.75) is 19.0 Å². The Morgan fingerprint density at radius 3 is 2.83 bits per heavy atom. The maximum Gasteiger partial charge on any atom is 0.258 e. The van der Waals surface area contributed by atoms with Crippen LogP contribution in [0.1, 0.15) is 12.0 Å². The Bertz CT molecular complexity index is 678. The van der Waals surface area contributed by atoms with Gasteiger partial charge in [-0.2, -0.15) is 0 Å². The lowest BCUT2D eigenvalue weighted by Crippen LogP contribution is -2.39. The molecule has 0 spiro atoms. The van der Waals surface area contributed by atoms with Crippen molar-refractivity contribution < 1.29 is 13.9 Å². The third-order valence-electron chi connectivity index (χ3n) is 4.05. The first-order chi connectivity index (χ1) is 11.7. The summed E-state index contributed by atoms with van der Waals surface area (Å²) in [5.74, 6) is -0.187. The molecule has 126 valence electrons. The topological polar surface area (TPSA) is 41.6 Å². The average Bonchev–Trinajstić information content (AvgIpc) is 3.01. The number of carbonyl (C=O) groups excluding carboxylic acids is 1. The third kappa shape index (κ3) is 4.80. The van der Waals surface area contributed by atoms with Crippen LogP contribution >= 0.6 is 0 Å². The fourth-order valence-electron chi connectivity index (χ4n) is 2.91. The molecule has 0 radical (unpaired) electrons. The van der Waals surface area contributed by atoms with Gasteiger partial charge >= 0.3 is 0 Å². The van der Waals surface area contributed by atoms with E-state index >= 15 is 0 Å². The molecule has 2 aromatic carbocycles. The van der Waals surface area contributed by atoms with E-state index in [1.54, 1.807) is 12.1 Å². The van der Waals surface area contributed by atoms with Crippen LogP contribution < -0.4 is 10.1 Å². The van der Waals surface area contributed by atoms with Crippen molar-refractivity contribution in [2.24, 2.45) is 0 Å². The van der Waals surface area contributed by atoms with Gasteiger partial charge in [0.2, 0.25) is 0 Å². The molecule has 5 heteroatoms. The number of benzene rings is 2. The first-order valence-electron chi connectivity index (χ1n) is 8.13. The van der Waals surface area contributed by atoms with Gasteiger partial charge in [0.25, 0.3) is 5.91 Å². The highest BCUT2D eigenvalue weighted by atomic mass is 19.1. The summed E-state index contributed by atoms with van der Waals surface area (Å²) in [5.41, 5.74) is 1.28. The SMILES string of the molecule is O=C(COc1cccc(F)c1)NC1CCN(Cc2ccccc2)C1. The summed E-state index contributed by atoms with van der Waals surface area (Å²) in [7, 11) is 0. The van der Waals surface area contributed by atoms with Crippen molar-refractivity contribution in [3.8, 4) is 5.75 Å². The van der Waals surface area contributed by atoms with E-state index < -0.39 is 0 Å². The molecule has 3 rings (SSSR count). The molecule has 1 aliphatic rings. The van der Waals surface area contributed by atoms with Crippen LogP contribution in [0.15, 0.2) is 54.6 Å². The highest BCUT2D eigenvalue weighted by Gasteiger charge is 2.23. The molecule has 1 atom stereocenters. The second kappa shape index (κ2) is 7.93. The van der Waals surface area contributed by atoms with E-state index in [1.165, 1.54) is 17.7 Å². The van der Waals surface area contributed by atoms with Gasteiger partial charge in [-0.15, -0.1) is 0 Å². The maximum atomic E-state index is 13.1. The number of nitrogens with one attached hydrogen (secondary N) is 1. The number of likely N-dealkylation sites (tertiary alicyclic amines) is 1. The van der Waals surface area contributed by atoms with Crippen LogP contribution in [-0.4, -0.2) is 36.5 Å². The van der Waals surface area contributed by atoms with Crippen LogP contribution in [0.3, 0.4) is 0 Å². The van der Waals surface area contributed by atoms with Crippen molar-refractivity contribution in [1.29, 1.82) is 0 Å². The molecule has 1 saturated heterocycles. The van der Waals surface area contributed by atoms with E-state index in [-0.39, 0.29) is 24.4 Å². The first-order valence-corrected chi connectivity index (χ1v) is 8.13. The summed E-state index contributed by atoms with van der Waals surface area (Å²) in [6, 6.07) is 16.2. The second-order valence-corrected chi connectivity index (χ2v) is 6.02. The molecule has 0 bridgehead atoms. The first kappa shape index (κ1) is 16.5. The molecule has 1 N–H and O–H groups in total. The molecule has 0 saturated carbocycles. The molecule has 1 fully saturated rings. The minimum atomic E-state index is -0.375. The van der Waals surface area contributed by atoms with E-state index in [0.717, 1.165) is 26.1 Å². The van der Waals surface area contributed by atoms with Gasteiger partial charge < -0.3 is 10.1 Å². The summed E-state index contributed by atoms with van der Waals surface area (Å²) in [6.45, 7) is 2.59. The highest BCUT2D eigenvalue weighted by molar-refractivity contribution is 5.77. The molecule has 1 heterocycles. The van der Waals surface area contributed by atoms with Crippen LogP contribution in [0.2, 0.25) is 0 Å². The number of halogens is 1. The van der Waals surface area contributed by atoms with Gasteiger partial charge in [0.1, 0.15) is 11.6 Å². The van der Waals surface area contributed by atoms with Gasteiger partial charge in [-0.3, -0.25) is 9.69 Å². The number of nitrogens with zero attached hydrogens (tertiary/aromatic N) is 1. The van der Waals surface area contributed by atoms with Crippen molar-refractivity contribution in [1.82, 2.24) is 10.2 Å². The molecule has 0 aliphatic carbocycles. The standard InChI is InChI=1S/C19H21FN2O2/c20-16-7-4-8-18(11-16)24-14-19(23)21-17-9-10-22(13-17)12-15-5-2-1-3-6-15/h1-8,11,17H,9-10,12-14H2,(H,21,23). The predicted octanol–water partition coefficient (Wildman–Crippen LogP) is 2.60. The Morgan fingerprint density at radius 2 is 2.04 bits per heavy atom. The molecule has 2 aromatic rings. The van der Waals surface area contributed by atoms with Gasteiger partial charge in [0.15, 0.2) is 6.61 Å². The second-order valence-electron chi connectivity index (χ2n) is 6.02. The normalized spacial score (nSPS) is 17.6. The number of rotatable bonds is 6. The molecule has 0 aromatic heterocycles. The summed E-state index contributed by atoms with van der Waals surface area (Å²) in [6.07, 6.45) is 0.929. The summed E-state index contributed by atoms with van der Waals surface area (Å²) in [5, 5.41) is 2.98. The quantitative estimate of drug-likeness (QED) is 0.886. The summed E-state index contributed by atoms with van der Waals surface area (Å²) in [4.78, 5) is 14.3. The van der Waals surface area contributed by atoms with Gasteiger partial charge in [-0.25, -0.2) is 4.39 Å². The highest BCUT2D eigenvalue weighted by Crippen LogP contribution is 2.14. The number of hydrogen-bond acceptors (Lipinski definition) is 3. The van der Waals surface area contributed by atoms with Crippen molar-refractivity contribution in [3.63, 3.8) is 0 Å². The number of hydrogen-bond donors (Lipinski definition) is 1. The fraction of sp³-hybridized carbons (Fsp3) is 0.316. The predicted molar refractivity (Wildman–Crippen MR) is 90.2 cm³/mol. The molecule has 1 amide bonds. The Labute approximate surface area is 141 Å². The van der Waals surface area contributed by atoms with E-state index in [1.807, 2.05) is 18.2 Å². The van der Waals surface area contributed by atoms with E-state index in [2.05, 4.69) is 22.3 Å². The van der Waals surface area contributed by atoms with E-state index in [0.29, 0.717) is 5.75 Å². The zero-order chi connectivity index (χ0) is 16.8. The Balaban J connectivity index is 1.41. The van der Waals surface area contributed by atoms with Crippen LogP contribution in [0.25, 0.3) is 0 Å². The van der Waals surface area contributed by atoms with E-state index in [4.69, 9.17) is 4.74 Å². The van der Waals surface area contributed by atoms with Crippen molar-refractivity contribution in [3.05, 3.63) is 66.0 Å². The van der Waals surface area contributed by atoms with Crippen LogP contribution in [0.4, 0.5) is 4.39 Å². The monoisotopic (exact) mass is 328 g/mol. The van der Waals surface area contributed by atoms with Crippen molar-refractivity contribution in [2.75, 3.05) is 19.7 Å². The molecule has 1 aliphatic heterocycles.